The Kier molecular flexibility index (Phi) is 5.68. The summed E-state index contributed by atoms with van der Waals surface area (Å²) in [5.41, 5.74) is 7.82. The van der Waals surface area contributed by atoms with E-state index in [1.807, 2.05) is 18.5 Å². The first-order valence-electron chi connectivity index (χ1n) is 13.2. The number of hydrogen-bond donors (Lipinski definition) is 0. The van der Waals surface area contributed by atoms with Gasteiger partial charge < -0.3 is 0 Å². The topological polar surface area (TPSA) is 12.4 Å². The summed E-state index contributed by atoms with van der Waals surface area (Å²) in [6, 6.07) is 42.3. The fourth-order valence-electron chi connectivity index (χ4n) is 5.85. The molecule has 1 aliphatic heterocycles. The summed E-state index contributed by atoms with van der Waals surface area (Å²) < 4.78 is 0. The van der Waals surface area contributed by atoms with Crippen LogP contribution in [-0.4, -0.2) is 6.21 Å². The van der Waals surface area contributed by atoms with Crippen molar-refractivity contribution in [1.82, 2.24) is 0 Å². The van der Waals surface area contributed by atoms with Gasteiger partial charge in [-0.3, -0.25) is 4.99 Å². The van der Waals surface area contributed by atoms with Crippen LogP contribution in [0.15, 0.2) is 144 Å². The van der Waals surface area contributed by atoms with Gasteiger partial charge in [-0.25, -0.2) is 0 Å². The van der Waals surface area contributed by atoms with Gasteiger partial charge in [-0.05, 0) is 78.7 Å². The molecule has 38 heavy (non-hydrogen) atoms. The molecule has 0 atom stereocenters. The van der Waals surface area contributed by atoms with E-state index < -0.39 is 0 Å². The largest absolute Gasteiger partial charge is 0.269 e. The molecule has 0 aromatic heterocycles. The first-order chi connectivity index (χ1) is 18.8. The Balaban J connectivity index is 1.46. The van der Waals surface area contributed by atoms with Crippen LogP contribution < -0.4 is 0 Å². The first kappa shape index (κ1) is 22.4. The smallest absolute Gasteiger partial charge is 0.0263 e. The van der Waals surface area contributed by atoms with Crippen molar-refractivity contribution in [3.05, 3.63) is 145 Å². The van der Waals surface area contributed by atoms with Crippen LogP contribution in [0.4, 0.5) is 0 Å². The van der Waals surface area contributed by atoms with Crippen molar-refractivity contribution in [1.29, 1.82) is 0 Å². The molecule has 0 spiro atoms. The lowest BCUT2D eigenvalue weighted by molar-refractivity contribution is 1.10. The van der Waals surface area contributed by atoms with Crippen LogP contribution in [-0.2, 0) is 6.42 Å². The molecule has 1 heterocycles. The lowest BCUT2D eigenvalue weighted by Gasteiger charge is -2.18. The van der Waals surface area contributed by atoms with Gasteiger partial charge in [0.1, 0.15) is 0 Å². The number of hydrogen-bond acceptors (Lipinski definition) is 1. The molecule has 0 bridgehead atoms. The zero-order chi connectivity index (χ0) is 25.3. The van der Waals surface area contributed by atoms with Gasteiger partial charge in [-0.1, -0.05) is 121 Å². The maximum Gasteiger partial charge on any atom is 0.0263 e. The minimum atomic E-state index is 0.892. The number of nitrogens with zero attached hydrogens (tertiary/aromatic N) is 1. The summed E-state index contributed by atoms with van der Waals surface area (Å²) in [6.45, 7) is 0. The molecule has 0 N–H and O–H groups in total. The molecule has 0 saturated heterocycles. The zero-order valence-corrected chi connectivity index (χ0v) is 21.1. The van der Waals surface area contributed by atoms with E-state index >= 15 is 0 Å². The van der Waals surface area contributed by atoms with E-state index in [4.69, 9.17) is 0 Å². The van der Waals surface area contributed by atoms with Gasteiger partial charge in [0.05, 0.1) is 0 Å². The number of allylic oxidation sites excluding steroid dienone is 3. The van der Waals surface area contributed by atoms with Crippen LogP contribution in [0.5, 0.6) is 0 Å². The van der Waals surface area contributed by atoms with Crippen molar-refractivity contribution in [2.75, 3.05) is 0 Å². The number of benzene rings is 6. The monoisotopic (exact) mass is 485 g/mol. The molecule has 0 aliphatic carbocycles. The van der Waals surface area contributed by atoms with Crippen LogP contribution in [0.3, 0.4) is 0 Å². The SMILES string of the molecule is C1=CN=CCC(Cc2cccc(-c3c4ccccc4c(-c4ccc5ccccc5c4)c4ccccc34)c2)=C1. The molecule has 1 nitrogen and oxygen atoms in total. The highest BCUT2D eigenvalue weighted by atomic mass is 14.7. The predicted molar refractivity (Wildman–Crippen MR) is 164 cm³/mol. The van der Waals surface area contributed by atoms with Gasteiger partial charge >= 0.3 is 0 Å². The highest BCUT2D eigenvalue weighted by molar-refractivity contribution is 6.21. The third-order valence-corrected chi connectivity index (χ3v) is 7.58. The molecular weight excluding hydrogens is 458 g/mol. The summed E-state index contributed by atoms with van der Waals surface area (Å²) in [5.74, 6) is 0. The fraction of sp³-hybridized carbons (Fsp3) is 0.0541. The zero-order valence-electron chi connectivity index (χ0n) is 21.1. The van der Waals surface area contributed by atoms with Gasteiger partial charge in [0.2, 0.25) is 0 Å². The highest BCUT2D eigenvalue weighted by Gasteiger charge is 2.17. The molecule has 0 amide bonds. The molecule has 0 saturated carbocycles. The molecule has 1 aliphatic rings. The summed E-state index contributed by atoms with van der Waals surface area (Å²) in [6.07, 6.45) is 9.90. The normalized spacial score (nSPS) is 13.2. The van der Waals surface area contributed by atoms with Crippen molar-refractivity contribution in [3.63, 3.8) is 0 Å². The molecule has 180 valence electrons. The maximum atomic E-state index is 4.29. The Morgan fingerprint density at radius 1 is 0.553 bits per heavy atom. The minimum Gasteiger partial charge on any atom is -0.269 e. The van der Waals surface area contributed by atoms with E-state index in [0.717, 1.165) is 12.8 Å². The van der Waals surface area contributed by atoms with E-state index in [1.165, 1.54) is 65.7 Å². The molecule has 6 aromatic rings. The van der Waals surface area contributed by atoms with Gasteiger partial charge in [0, 0.05) is 18.8 Å². The lowest BCUT2D eigenvalue weighted by atomic mass is 9.85. The van der Waals surface area contributed by atoms with Crippen LogP contribution in [0.2, 0.25) is 0 Å². The van der Waals surface area contributed by atoms with Gasteiger partial charge in [-0.2, -0.15) is 0 Å². The van der Waals surface area contributed by atoms with Crippen molar-refractivity contribution < 1.29 is 0 Å². The molecule has 0 radical (unpaired) electrons. The van der Waals surface area contributed by atoms with Gasteiger partial charge in [-0.15, -0.1) is 0 Å². The molecule has 1 heteroatoms. The second-order valence-electron chi connectivity index (χ2n) is 9.98. The van der Waals surface area contributed by atoms with E-state index in [2.05, 4.69) is 126 Å². The van der Waals surface area contributed by atoms with E-state index in [-0.39, 0.29) is 0 Å². The summed E-state index contributed by atoms with van der Waals surface area (Å²) >= 11 is 0. The minimum absolute atomic E-state index is 0.892. The van der Waals surface area contributed by atoms with E-state index in [0.29, 0.717) is 0 Å². The van der Waals surface area contributed by atoms with E-state index in [1.54, 1.807) is 0 Å². The summed E-state index contributed by atoms with van der Waals surface area (Å²) in [5, 5.41) is 7.68. The van der Waals surface area contributed by atoms with Gasteiger partial charge in [0.15, 0.2) is 0 Å². The van der Waals surface area contributed by atoms with Crippen LogP contribution in [0.1, 0.15) is 12.0 Å². The average molecular weight is 486 g/mol. The number of fused-ring (bicyclic) bond motifs is 3. The Hall–Kier alpha value is -4.75. The maximum absolute atomic E-state index is 4.29. The predicted octanol–water partition coefficient (Wildman–Crippen LogP) is 9.94. The Bertz CT molecular complexity index is 1860. The van der Waals surface area contributed by atoms with Crippen molar-refractivity contribution >= 4 is 38.5 Å². The molecule has 0 unspecified atom stereocenters. The van der Waals surface area contributed by atoms with Crippen LogP contribution >= 0.6 is 0 Å². The summed E-state index contributed by atoms with van der Waals surface area (Å²) in [4.78, 5) is 4.29. The third-order valence-electron chi connectivity index (χ3n) is 7.58. The second kappa shape index (κ2) is 9.61. The second-order valence-corrected chi connectivity index (χ2v) is 9.98. The number of rotatable bonds is 4. The van der Waals surface area contributed by atoms with Gasteiger partial charge in [0.25, 0.3) is 0 Å². The lowest BCUT2D eigenvalue weighted by Crippen LogP contribution is -1.94. The quantitative estimate of drug-likeness (QED) is 0.220. The Labute approximate surface area is 223 Å². The van der Waals surface area contributed by atoms with Crippen LogP contribution in [0, 0.1) is 0 Å². The van der Waals surface area contributed by atoms with Crippen molar-refractivity contribution in [2.24, 2.45) is 4.99 Å². The third kappa shape index (κ3) is 4.03. The number of aliphatic imine (C=N–C) groups is 1. The standard InChI is InChI=1S/C37H27N/c1-2-12-29-25-31(19-18-28(29)11-1)37-34-16-5-3-14-32(34)36(33-15-4-6-17-35(33)37)30-13-7-9-27(24-30)23-26-10-8-21-38-22-20-26/h1-19,21-22,24-25H,20,23H2. The molecule has 0 fully saturated rings. The molecule has 6 aromatic carbocycles. The first-order valence-corrected chi connectivity index (χ1v) is 13.2. The Morgan fingerprint density at radius 3 is 1.89 bits per heavy atom. The molecular formula is C37H27N. The molecule has 7 rings (SSSR count). The summed E-state index contributed by atoms with van der Waals surface area (Å²) in [7, 11) is 0. The Morgan fingerprint density at radius 2 is 1.18 bits per heavy atom. The average Bonchev–Trinajstić information content (AvgIpc) is 3.24. The van der Waals surface area contributed by atoms with Crippen molar-refractivity contribution in [3.8, 4) is 22.3 Å². The fourth-order valence-corrected chi connectivity index (χ4v) is 5.85. The van der Waals surface area contributed by atoms with E-state index in [9.17, 15) is 0 Å². The highest BCUT2D eigenvalue weighted by Crippen LogP contribution is 2.44. The van der Waals surface area contributed by atoms with Crippen LogP contribution in [0.25, 0.3) is 54.6 Å². The van der Waals surface area contributed by atoms with Crippen molar-refractivity contribution in [2.45, 2.75) is 12.8 Å².